The van der Waals surface area contributed by atoms with Gasteiger partial charge in [-0.05, 0) is 91.5 Å². The normalized spacial score (nSPS) is 18.9. The fourth-order valence-corrected chi connectivity index (χ4v) is 4.85. The van der Waals surface area contributed by atoms with Gasteiger partial charge < -0.3 is 14.0 Å². The van der Waals surface area contributed by atoms with Gasteiger partial charge in [0, 0.05) is 12.5 Å². The second kappa shape index (κ2) is 8.20. The van der Waals surface area contributed by atoms with Crippen molar-refractivity contribution < 1.29 is 14.0 Å². The molecule has 3 nitrogen and oxygen atoms in total. The van der Waals surface area contributed by atoms with Gasteiger partial charge in [0.1, 0.15) is 17.8 Å². The second-order valence-electron chi connectivity index (χ2n) is 7.55. The summed E-state index contributed by atoms with van der Waals surface area (Å²) in [5, 5.41) is 0. The lowest BCUT2D eigenvalue weighted by Gasteiger charge is -2.18. The van der Waals surface area contributed by atoms with Crippen molar-refractivity contribution >= 4 is 8.81 Å². The summed E-state index contributed by atoms with van der Waals surface area (Å²) in [7, 11) is 2.19. The number of hydrogen-bond acceptors (Lipinski definition) is 3. The Morgan fingerprint density at radius 1 is 1.11 bits per heavy atom. The summed E-state index contributed by atoms with van der Waals surface area (Å²) >= 11 is 0. The molecule has 4 rings (SSSR count). The largest absolute Gasteiger partial charge is 0.496 e. The number of fused-ring (bicyclic) bond motifs is 1. The number of benzene rings is 2. The molecule has 2 aromatic carbocycles. The van der Waals surface area contributed by atoms with Crippen LogP contribution in [-0.2, 0) is 10.9 Å². The zero-order valence-corrected chi connectivity index (χ0v) is 17.5. The van der Waals surface area contributed by atoms with Crippen molar-refractivity contribution in [3.63, 3.8) is 0 Å². The van der Waals surface area contributed by atoms with Gasteiger partial charge in [0.05, 0.1) is 15.9 Å². The quantitative estimate of drug-likeness (QED) is 0.417. The topological polar surface area (TPSA) is 27.7 Å². The molecule has 0 N–H and O–H groups in total. The maximum atomic E-state index is 5.92. The summed E-state index contributed by atoms with van der Waals surface area (Å²) in [6, 6.07) is 11.3. The predicted molar refractivity (Wildman–Crippen MR) is 112 cm³/mol. The van der Waals surface area contributed by atoms with Crippen LogP contribution >= 0.6 is 8.81 Å². The fraction of sp³-hybridized carbons (Fsp3) is 0.478. The summed E-state index contributed by atoms with van der Waals surface area (Å²) in [5.41, 5.74) is 7.12. The van der Waals surface area contributed by atoms with Gasteiger partial charge in [-0.1, -0.05) is 12.1 Å². The molecule has 1 saturated carbocycles. The molecule has 1 fully saturated rings. The number of rotatable bonds is 8. The van der Waals surface area contributed by atoms with Crippen LogP contribution in [0.25, 0.3) is 0 Å². The lowest BCUT2D eigenvalue weighted by molar-refractivity contribution is 0.342. The van der Waals surface area contributed by atoms with E-state index in [1.54, 1.807) is 7.11 Å². The van der Waals surface area contributed by atoms with Gasteiger partial charge in [-0.3, -0.25) is 0 Å². The minimum atomic E-state index is 0.404. The highest BCUT2D eigenvalue weighted by Crippen LogP contribution is 2.47. The van der Waals surface area contributed by atoms with Crippen LogP contribution in [0.3, 0.4) is 0 Å². The molecule has 0 bridgehead atoms. The van der Waals surface area contributed by atoms with E-state index in [-0.39, 0.29) is 0 Å². The number of aryl methyl sites for hydroxylation is 2. The maximum Gasteiger partial charge on any atom is 0.129 e. The second-order valence-corrected chi connectivity index (χ2v) is 8.41. The first-order chi connectivity index (χ1) is 13.2. The van der Waals surface area contributed by atoms with Gasteiger partial charge in [0.15, 0.2) is 0 Å². The highest BCUT2D eigenvalue weighted by atomic mass is 31.1. The zero-order chi connectivity index (χ0) is 18.8. The monoisotopic (exact) mass is 384 g/mol. The first kappa shape index (κ1) is 18.8. The molecular weight excluding hydrogens is 355 g/mol. The van der Waals surface area contributed by atoms with Crippen molar-refractivity contribution in [2.45, 2.75) is 51.4 Å². The Kier molecular flexibility index (Phi) is 5.71. The molecule has 2 atom stereocenters. The van der Waals surface area contributed by atoms with E-state index in [0.717, 1.165) is 24.5 Å². The van der Waals surface area contributed by atoms with E-state index in [1.165, 1.54) is 47.1 Å². The van der Waals surface area contributed by atoms with Crippen LogP contribution in [0, 0.1) is 6.92 Å². The third-order valence-corrected chi connectivity index (χ3v) is 6.47. The minimum Gasteiger partial charge on any atom is -0.496 e. The van der Waals surface area contributed by atoms with Crippen LogP contribution in [-0.4, -0.2) is 20.1 Å². The molecule has 0 aliphatic heterocycles. The summed E-state index contributed by atoms with van der Waals surface area (Å²) < 4.78 is 16.9. The van der Waals surface area contributed by atoms with Crippen LogP contribution in [0.5, 0.6) is 11.5 Å². The molecule has 2 aliphatic rings. The highest BCUT2D eigenvalue weighted by Gasteiger charge is 2.30. The Hall–Kier alpha value is -1.57. The van der Waals surface area contributed by atoms with Crippen molar-refractivity contribution in [1.29, 1.82) is 0 Å². The van der Waals surface area contributed by atoms with Crippen LogP contribution in [0.2, 0.25) is 0 Å². The van der Waals surface area contributed by atoms with E-state index in [4.69, 9.17) is 14.0 Å². The summed E-state index contributed by atoms with van der Waals surface area (Å²) in [6.07, 6.45) is 5.53. The molecular formula is C23H29O3P. The summed E-state index contributed by atoms with van der Waals surface area (Å²) in [4.78, 5) is 0. The molecule has 144 valence electrons. The van der Waals surface area contributed by atoms with Crippen molar-refractivity contribution in [2.24, 2.45) is 0 Å². The molecule has 2 aliphatic carbocycles. The van der Waals surface area contributed by atoms with E-state index >= 15 is 0 Å². The van der Waals surface area contributed by atoms with Gasteiger partial charge in [0.2, 0.25) is 0 Å². The van der Waals surface area contributed by atoms with E-state index < -0.39 is 0 Å². The SMILES string of the molecule is CCOPCOc1cc(C)c2c(c1)CCC2c1ccc(OC)c(C2CC2)c1. The van der Waals surface area contributed by atoms with Gasteiger partial charge >= 0.3 is 0 Å². The Balaban J connectivity index is 1.57. The third kappa shape index (κ3) is 4.00. The van der Waals surface area contributed by atoms with Crippen molar-refractivity contribution in [1.82, 2.24) is 0 Å². The highest BCUT2D eigenvalue weighted by molar-refractivity contribution is 7.31. The van der Waals surface area contributed by atoms with Crippen molar-refractivity contribution in [3.05, 3.63) is 58.1 Å². The average Bonchev–Trinajstić information content (AvgIpc) is 3.44. The molecule has 0 spiro atoms. The van der Waals surface area contributed by atoms with Crippen LogP contribution < -0.4 is 9.47 Å². The standard InChI is InChI=1S/C23H29O3P/c1-4-26-27-14-25-19-11-15(2)23-18(12-19)7-9-20(23)17-8-10-22(24-3)21(13-17)16-5-6-16/h8,10-13,16,20,27H,4-7,9,14H2,1-3H3. The Bertz CT molecular complexity index is 814. The summed E-state index contributed by atoms with van der Waals surface area (Å²) in [5.74, 6) is 3.22. The number of ether oxygens (including phenoxy) is 2. The lowest BCUT2D eigenvalue weighted by Crippen LogP contribution is -2.02. The fourth-order valence-electron chi connectivity index (χ4n) is 4.34. The molecule has 2 aromatic rings. The molecule has 0 radical (unpaired) electrons. The Labute approximate surface area is 164 Å². The third-order valence-electron chi connectivity index (χ3n) is 5.71. The zero-order valence-electron chi connectivity index (χ0n) is 16.5. The maximum absolute atomic E-state index is 5.92. The van der Waals surface area contributed by atoms with Crippen molar-refractivity contribution in [3.8, 4) is 11.5 Å². The van der Waals surface area contributed by atoms with Crippen LogP contribution in [0.15, 0.2) is 30.3 Å². The van der Waals surface area contributed by atoms with E-state index in [2.05, 4.69) is 37.3 Å². The first-order valence-electron chi connectivity index (χ1n) is 10.00. The average molecular weight is 384 g/mol. The van der Waals surface area contributed by atoms with Crippen LogP contribution in [0.4, 0.5) is 0 Å². The van der Waals surface area contributed by atoms with E-state index in [0.29, 0.717) is 27.0 Å². The molecule has 4 heteroatoms. The lowest BCUT2D eigenvalue weighted by atomic mass is 9.88. The molecule has 27 heavy (non-hydrogen) atoms. The molecule has 0 amide bonds. The smallest absolute Gasteiger partial charge is 0.129 e. The Morgan fingerprint density at radius 3 is 2.70 bits per heavy atom. The van der Waals surface area contributed by atoms with E-state index in [1.807, 2.05) is 6.92 Å². The Morgan fingerprint density at radius 2 is 1.96 bits per heavy atom. The van der Waals surface area contributed by atoms with Gasteiger partial charge in [-0.2, -0.15) is 0 Å². The van der Waals surface area contributed by atoms with Gasteiger partial charge in [-0.25, -0.2) is 0 Å². The number of hydrogen-bond donors (Lipinski definition) is 0. The van der Waals surface area contributed by atoms with Crippen LogP contribution in [0.1, 0.15) is 65.8 Å². The van der Waals surface area contributed by atoms with Gasteiger partial charge in [-0.15, -0.1) is 0 Å². The number of methoxy groups -OCH3 is 1. The molecule has 0 aromatic heterocycles. The first-order valence-corrected chi connectivity index (χ1v) is 11.1. The minimum absolute atomic E-state index is 0.404. The van der Waals surface area contributed by atoms with E-state index in [9.17, 15) is 0 Å². The van der Waals surface area contributed by atoms with Crippen molar-refractivity contribution in [2.75, 3.05) is 20.1 Å². The van der Waals surface area contributed by atoms with Gasteiger partial charge in [0.25, 0.3) is 0 Å². The molecule has 2 unspecified atom stereocenters. The molecule has 0 heterocycles. The molecule has 0 saturated heterocycles. The summed E-state index contributed by atoms with van der Waals surface area (Å²) in [6.45, 7) is 4.98. The predicted octanol–water partition coefficient (Wildman–Crippen LogP) is 5.93.